The van der Waals surface area contributed by atoms with E-state index in [9.17, 15) is 13.5 Å². The molecule has 2 rings (SSSR count). The van der Waals surface area contributed by atoms with Gasteiger partial charge in [-0.2, -0.15) is 4.31 Å². The molecule has 1 saturated heterocycles. The summed E-state index contributed by atoms with van der Waals surface area (Å²) in [5.74, 6) is 0. The Kier molecular flexibility index (Phi) is 3.14. The van der Waals surface area contributed by atoms with E-state index in [-0.39, 0.29) is 17.3 Å². The summed E-state index contributed by atoms with van der Waals surface area (Å²) in [5.41, 5.74) is -0.911. The van der Waals surface area contributed by atoms with Crippen molar-refractivity contribution in [1.82, 2.24) is 4.31 Å². The Hall–Kier alpha value is 0.340. The molecule has 0 aliphatic carbocycles. The molecule has 1 aromatic rings. The predicted octanol–water partition coefficient (Wildman–Crippen LogP) is 1.92. The molecule has 1 aromatic heterocycles. The van der Waals surface area contributed by atoms with Crippen LogP contribution in [-0.2, 0) is 10.0 Å². The van der Waals surface area contributed by atoms with E-state index in [0.29, 0.717) is 8.81 Å². The molecule has 0 saturated carbocycles. The summed E-state index contributed by atoms with van der Waals surface area (Å²) in [5, 5.41) is 9.90. The van der Waals surface area contributed by atoms with Gasteiger partial charge >= 0.3 is 0 Å². The maximum Gasteiger partial charge on any atom is 0.252 e. The third-order valence-electron chi connectivity index (χ3n) is 2.25. The first-order valence-electron chi connectivity index (χ1n) is 4.40. The van der Waals surface area contributed by atoms with Crippen LogP contribution in [0.15, 0.2) is 14.1 Å². The van der Waals surface area contributed by atoms with Gasteiger partial charge in [0.25, 0.3) is 10.0 Å². The van der Waals surface area contributed by atoms with Crippen LogP contribution in [0, 0.1) is 0 Å². The van der Waals surface area contributed by atoms with Crippen molar-refractivity contribution in [3.63, 3.8) is 0 Å². The maximum atomic E-state index is 12.0. The minimum atomic E-state index is -3.50. The highest BCUT2D eigenvalue weighted by Gasteiger charge is 2.44. The molecular weight excluding hydrogens is 338 g/mol. The lowest BCUT2D eigenvalue weighted by atomic mass is 10.0. The molecule has 2 heterocycles. The van der Waals surface area contributed by atoms with E-state index in [1.165, 1.54) is 10.4 Å². The lowest BCUT2D eigenvalue weighted by Gasteiger charge is -2.42. The highest BCUT2D eigenvalue weighted by atomic mass is 79.9. The van der Waals surface area contributed by atoms with Gasteiger partial charge in [-0.25, -0.2) is 8.42 Å². The number of nitrogens with zero attached hydrogens (tertiary/aromatic N) is 1. The van der Waals surface area contributed by atoms with Crippen LogP contribution in [0.2, 0.25) is 5.02 Å². The Balaban J connectivity index is 2.27. The number of hydrogen-bond donors (Lipinski definition) is 1. The summed E-state index contributed by atoms with van der Waals surface area (Å²) in [6.45, 7) is 1.86. The van der Waals surface area contributed by atoms with Gasteiger partial charge in [-0.15, -0.1) is 11.3 Å². The number of hydrogen-bond acceptors (Lipinski definition) is 4. The Morgan fingerprint density at radius 1 is 1.62 bits per heavy atom. The molecule has 16 heavy (non-hydrogen) atoms. The topological polar surface area (TPSA) is 57.6 Å². The van der Waals surface area contributed by atoms with E-state index in [1.807, 2.05) is 0 Å². The molecule has 4 nitrogen and oxygen atoms in total. The highest BCUT2D eigenvalue weighted by molar-refractivity contribution is 9.11. The SMILES string of the molecule is CC1(O)CN(S(=O)(=O)c2cc(Cl)c(Br)s2)C1. The molecule has 0 aromatic carbocycles. The van der Waals surface area contributed by atoms with Gasteiger partial charge in [-0.05, 0) is 28.9 Å². The van der Waals surface area contributed by atoms with Crippen LogP contribution in [0.1, 0.15) is 6.92 Å². The summed E-state index contributed by atoms with van der Waals surface area (Å²) in [6.07, 6.45) is 0. The molecule has 0 unspecified atom stereocenters. The van der Waals surface area contributed by atoms with Gasteiger partial charge < -0.3 is 5.11 Å². The zero-order valence-corrected chi connectivity index (χ0v) is 12.2. The largest absolute Gasteiger partial charge is 0.387 e. The Morgan fingerprint density at radius 2 is 2.19 bits per heavy atom. The van der Waals surface area contributed by atoms with Crippen LogP contribution >= 0.6 is 38.9 Å². The van der Waals surface area contributed by atoms with Crippen molar-refractivity contribution in [2.45, 2.75) is 16.7 Å². The van der Waals surface area contributed by atoms with E-state index in [0.717, 1.165) is 11.3 Å². The normalized spacial score (nSPS) is 20.8. The van der Waals surface area contributed by atoms with Gasteiger partial charge in [0.15, 0.2) is 0 Å². The summed E-state index contributed by atoms with van der Waals surface area (Å²) in [4.78, 5) is 0. The van der Waals surface area contributed by atoms with E-state index in [1.54, 1.807) is 6.92 Å². The molecule has 90 valence electrons. The number of thiophene rings is 1. The minimum Gasteiger partial charge on any atom is -0.387 e. The van der Waals surface area contributed by atoms with Crippen molar-refractivity contribution in [2.24, 2.45) is 0 Å². The summed E-state index contributed by atoms with van der Waals surface area (Å²) in [7, 11) is -3.50. The van der Waals surface area contributed by atoms with Crippen molar-refractivity contribution < 1.29 is 13.5 Å². The Morgan fingerprint density at radius 3 is 2.56 bits per heavy atom. The number of rotatable bonds is 2. The molecule has 8 heteroatoms. The first kappa shape index (κ1) is 12.8. The lowest BCUT2D eigenvalue weighted by Crippen LogP contribution is -2.61. The van der Waals surface area contributed by atoms with Crippen LogP contribution in [-0.4, -0.2) is 36.5 Å². The number of sulfonamides is 1. The first-order valence-corrected chi connectivity index (χ1v) is 7.82. The van der Waals surface area contributed by atoms with Gasteiger partial charge in [0.05, 0.1) is 14.4 Å². The minimum absolute atomic E-state index is 0.127. The standard InChI is InChI=1S/C8H9BrClNO3S2/c1-8(12)3-11(4-8)16(13,14)6-2-5(10)7(9)15-6/h2,12H,3-4H2,1H3. The van der Waals surface area contributed by atoms with Crippen LogP contribution in [0.5, 0.6) is 0 Å². The molecule has 1 N–H and O–H groups in total. The Labute approximate surface area is 111 Å². The smallest absolute Gasteiger partial charge is 0.252 e. The molecule has 1 aliphatic heterocycles. The average molecular weight is 347 g/mol. The van der Waals surface area contributed by atoms with Crippen molar-refractivity contribution in [2.75, 3.05) is 13.1 Å². The molecule has 0 amide bonds. The van der Waals surface area contributed by atoms with Gasteiger partial charge in [-0.3, -0.25) is 0 Å². The molecular formula is C8H9BrClNO3S2. The van der Waals surface area contributed by atoms with E-state index in [2.05, 4.69) is 15.9 Å². The monoisotopic (exact) mass is 345 g/mol. The predicted molar refractivity (Wildman–Crippen MR) is 66.4 cm³/mol. The first-order chi connectivity index (χ1) is 7.22. The summed E-state index contributed by atoms with van der Waals surface area (Å²) < 4.78 is 26.1. The van der Waals surface area contributed by atoms with E-state index < -0.39 is 15.6 Å². The zero-order chi connectivity index (χ0) is 12.1. The van der Waals surface area contributed by atoms with Crippen LogP contribution in [0.3, 0.4) is 0 Å². The second-order valence-electron chi connectivity index (χ2n) is 3.96. The second kappa shape index (κ2) is 3.93. The summed E-state index contributed by atoms with van der Waals surface area (Å²) in [6, 6.07) is 1.42. The quantitative estimate of drug-likeness (QED) is 0.890. The lowest BCUT2D eigenvalue weighted by molar-refractivity contribution is -0.0425. The number of halogens is 2. The molecule has 0 radical (unpaired) electrons. The fraction of sp³-hybridized carbons (Fsp3) is 0.500. The van der Waals surface area contributed by atoms with Gasteiger partial charge in [0.1, 0.15) is 4.21 Å². The van der Waals surface area contributed by atoms with E-state index in [4.69, 9.17) is 11.6 Å². The average Bonchev–Trinajstić information content (AvgIpc) is 2.43. The van der Waals surface area contributed by atoms with Crippen molar-refractivity contribution >= 4 is 48.9 Å². The molecule has 1 fully saturated rings. The Bertz CT molecular complexity index is 498. The summed E-state index contributed by atoms with van der Waals surface area (Å²) >= 11 is 10.0. The van der Waals surface area contributed by atoms with Crippen molar-refractivity contribution in [1.29, 1.82) is 0 Å². The third kappa shape index (κ3) is 2.16. The van der Waals surface area contributed by atoms with Gasteiger partial charge in [0.2, 0.25) is 0 Å². The fourth-order valence-electron chi connectivity index (χ4n) is 1.46. The molecule has 1 aliphatic rings. The number of β-amino-alcohol motifs (C(OH)–C–C–N with tert-alkyl or cyclic N) is 1. The second-order valence-corrected chi connectivity index (χ2v) is 8.90. The van der Waals surface area contributed by atoms with Crippen LogP contribution in [0.25, 0.3) is 0 Å². The maximum absolute atomic E-state index is 12.0. The third-order valence-corrected chi connectivity index (χ3v) is 6.97. The molecule has 0 bridgehead atoms. The molecule has 0 spiro atoms. The molecule has 0 atom stereocenters. The van der Waals surface area contributed by atoms with Gasteiger partial charge in [-0.1, -0.05) is 11.6 Å². The van der Waals surface area contributed by atoms with Crippen molar-refractivity contribution in [3.8, 4) is 0 Å². The highest BCUT2D eigenvalue weighted by Crippen LogP contribution is 2.37. The fourth-order valence-corrected chi connectivity index (χ4v) is 5.69. The van der Waals surface area contributed by atoms with E-state index >= 15 is 0 Å². The van der Waals surface area contributed by atoms with Crippen LogP contribution < -0.4 is 0 Å². The van der Waals surface area contributed by atoms with Crippen molar-refractivity contribution in [3.05, 3.63) is 14.9 Å². The van der Waals surface area contributed by atoms with Crippen LogP contribution in [0.4, 0.5) is 0 Å². The number of aliphatic hydroxyl groups is 1. The zero-order valence-electron chi connectivity index (χ0n) is 8.27. The van der Waals surface area contributed by atoms with Gasteiger partial charge in [0, 0.05) is 13.1 Å².